The molecule has 1 fully saturated rings. The number of ether oxygens (including phenoxy) is 1. The molecule has 3 heteroatoms. The van der Waals surface area contributed by atoms with Gasteiger partial charge in [-0.15, -0.1) is 0 Å². The van der Waals surface area contributed by atoms with Crippen LogP contribution in [0.2, 0.25) is 0 Å². The molecule has 1 heterocycles. The molecule has 1 aliphatic rings. The summed E-state index contributed by atoms with van der Waals surface area (Å²) in [5, 5.41) is 9.95. The molecule has 1 unspecified atom stereocenters. The van der Waals surface area contributed by atoms with Crippen LogP contribution in [-0.4, -0.2) is 55.1 Å². The van der Waals surface area contributed by atoms with E-state index in [1.807, 2.05) is 13.0 Å². The predicted octanol–water partition coefficient (Wildman–Crippen LogP) is 1.57. The summed E-state index contributed by atoms with van der Waals surface area (Å²) in [7, 11) is 0. The van der Waals surface area contributed by atoms with Gasteiger partial charge in [-0.25, -0.2) is 0 Å². The van der Waals surface area contributed by atoms with E-state index in [0.29, 0.717) is 13.2 Å². The molecule has 1 aliphatic heterocycles. The molecular weight excluding hydrogens is 202 g/mol. The number of rotatable bonds is 7. The first-order valence-electron chi connectivity index (χ1n) is 6.44. The Kier molecular flexibility index (Phi) is 6.03. The molecule has 3 nitrogen and oxygen atoms in total. The molecule has 0 aromatic carbocycles. The standard InChI is InChI=1S/C13H26NO2/c1-3-8-14(9-6-5-7-10-14)11-13(15)12-16-4-2/h3,13,15H,1,4-12H2,2H3/q+1. The first-order valence-corrected chi connectivity index (χ1v) is 6.44. The summed E-state index contributed by atoms with van der Waals surface area (Å²) in [4.78, 5) is 0. The highest BCUT2D eigenvalue weighted by molar-refractivity contribution is 4.69. The zero-order chi connectivity index (χ0) is 11.9. The molecule has 0 radical (unpaired) electrons. The lowest BCUT2D eigenvalue weighted by molar-refractivity contribution is -0.929. The monoisotopic (exact) mass is 228 g/mol. The molecule has 0 saturated carbocycles. The van der Waals surface area contributed by atoms with E-state index in [9.17, 15) is 5.11 Å². The molecule has 1 saturated heterocycles. The molecule has 1 atom stereocenters. The Morgan fingerprint density at radius 2 is 2.06 bits per heavy atom. The van der Waals surface area contributed by atoms with E-state index in [-0.39, 0.29) is 6.10 Å². The summed E-state index contributed by atoms with van der Waals surface area (Å²) < 4.78 is 6.27. The van der Waals surface area contributed by atoms with Gasteiger partial charge < -0.3 is 14.3 Å². The lowest BCUT2D eigenvalue weighted by atomic mass is 10.1. The van der Waals surface area contributed by atoms with E-state index in [4.69, 9.17) is 4.74 Å². The molecule has 94 valence electrons. The Morgan fingerprint density at radius 3 is 2.62 bits per heavy atom. The van der Waals surface area contributed by atoms with Crippen LogP contribution in [-0.2, 0) is 4.74 Å². The number of nitrogens with zero attached hydrogens (tertiary/aromatic N) is 1. The molecule has 0 bridgehead atoms. The Bertz CT molecular complexity index is 200. The van der Waals surface area contributed by atoms with Crippen LogP contribution in [0.15, 0.2) is 12.7 Å². The van der Waals surface area contributed by atoms with Gasteiger partial charge in [-0.05, 0) is 32.3 Å². The van der Waals surface area contributed by atoms with Crippen molar-refractivity contribution in [2.75, 3.05) is 39.4 Å². The number of quaternary nitrogens is 1. The maximum absolute atomic E-state index is 9.95. The SMILES string of the molecule is C=CC[N+]1(CC(O)COCC)CCCCC1. The first kappa shape index (κ1) is 13.7. The second-order valence-corrected chi connectivity index (χ2v) is 4.82. The fraction of sp³-hybridized carbons (Fsp3) is 0.846. The van der Waals surface area contributed by atoms with Crippen molar-refractivity contribution in [2.24, 2.45) is 0 Å². The summed E-state index contributed by atoms with van der Waals surface area (Å²) in [6, 6.07) is 0. The zero-order valence-electron chi connectivity index (χ0n) is 10.5. The third-order valence-electron chi connectivity index (χ3n) is 3.39. The average molecular weight is 228 g/mol. The minimum Gasteiger partial charge on any atom is -0.385 e. The molecule has 1 rings (SSSR count). The van der Waals surface area contributed by atoms with Crippen LogP contribution in [0.1, 0.15) is 26.2 Å². The Balaban J connectivity index is 2.45. The third-order valence-corrected chi connectivity index (χ3v) is 3.39. The van der Waals surface area contributed by atoms with Crippen molar-refractivity contribution >= 4 is 0 Å². The van der Waals surface area contributed by atoms with Crippen LogP contribution in [0.25, 0.3) is 0 Å². The number of hydrogen-bond donors (Lipinski definition) is 1. The van der Waals surface area contributed by atoms with E-state index in [2.05, 4.69) is 6.58 Å². The second-order valence-electron chi connectivity index (χ2n) is 4.82. The number of aliphatic hydroxyl groups is 1. The smallest absolute Gasteiger partial charge is 0.126 e. The van der Waals surface area contributed by atoms with Crippen LogP contribution in [0, 0.1) is 0 Å². The van der Waals surface area contributed by atoms with Crippen LogP contribution >= 0.6 is 0 Å². The van der Waals surface area contributed by atoms with Crippen molar-refractivity contribution in [2.45, 2.75) is 32.3 Å². The zero-order valence-corrected chi connectivity index (χ0v) is 10.5. The van der Waals surface area contributed by atoms with E-state index in [1.54, 1.807) is 0 Å². The first-order chi connectivity index (χ1) is 7.72. The van der Waals surface area contributed by atoms with Crippen LogP contribution in [0.4, 0.5) is 0 Å². The van der Waals surface area contributed by atoms with Gasteiger partial charge in [0.15, 0.2) is 0 Å². The summed E-state index contributed by atoms with van der Waals surface area (Å²) in [5.41, 5.74) is 0. The lowest BCUT2D eigenvalue weighted by Gasteiger charge is -2.42. The fourth-order valence-electron chi connectivity index (χ4n) is 2.65. The van der Waals surface area contributed by atoms with E-state index in [0.717, 1.165) is 17.6 Å². The maximum Gasteiger partial charge on any atom is 0.126 e. The van der Waals surface area contributed by atoms with E-state index < -0.39 is 0 Å². The largest absolute Gasteiger partial charge is 0.385 e. The Labute approximate surface area is 99.3 Å². The quantitative estimate of drug-likeness (QED) is 0.529. The average Bonchev–Trinajstić information content (AvgIpc) is 2.28. The molecule has 0 aliphatic carbocycles. The summed E-state index contributed by atoms with van der Waals surface area (Å²) in [5.74, 6) is 0. The Morgan fingerprint density at radius 1 is 1.38 bits per heavy atom. The normalized spacial score (nSPS) is 21.6. The van der Waals surface area contributed by atoms with Crippen LogP contribution in [0.3, 0.4) is 0 Å². The van der Waals surface area contributed by atoms with Gasteiger partial charge in [0.05, 0.1) is 26.2 Å². The van der Waals surface area contributed by atoms with Gasteiger partial charge in [-0.2, -0.15) is 0 Å². The molecule has 1 N–H and O–H groups in total. The van der Waals surface area contributed by atoms with Crippen molar-refractivity contribution in [3.63, 3.8) is 0 Å². The van der Waals surface area contributed by atoms with Gasteiger partial charge >= 0.3 is 0 Å². The summed E-state index contributed by atoms with van der Waals surface area (Å²) >= 11 is 0. The minimum absolute atomic E-state index is 0.335. The van der Waals surface area contributed by atoms with Gasteiger partial charge in [-0.3, -0.25) is 0 Å². The fourth-order valence-corrected chi connectivity index (χ4v) is 2.65. The molecule has 16 heavy (non-hydrogen) atoms. The lowest BCUT2D eigenvalue weighted by Crippen LogP contribution is -2.55. The summed E-state index contributed by atoms with van der Waals surface area (Å²) in [6.45, 7) is 11.1. The third kappa shape index (κ3) is 4.24. The maximum atomic E-state index is 9.95. The molecule has 0 aromatic rings. The van der Waals surface area contributed by atoms with Crippen molar-refractivity contribution in [1.82, 2.24) is 0 Å². The van der Waals surface area contributed by atoms with Gasteiger partial charge in [-0.1, -0.05) is 6.58 Å². The van der Waals surface area contributed by atoms with Gasteiger partial charge in [0, 0.05) is 6.61 Å². The van der Waals surface area contributed by atoms with Gasteiger partial charge in [0.25, 0.3) is 0 Å². The van der Waals surface area contributed by atoms with Crippen molar-refractivity contribution in [3.8, 4) is 0 Å². The van der Waals surface area contributed by atoms with E-state index in [1.165, 1.54) is 32.4 Å². The Hall–Kier alpha value is -0.380. The highest BCUT2D eigenvalue weighted by Crippen LogP contribution is 2.19. The number of likely N-dealkylation sites (tertiary alicyclic amines) is 1. The summed E-state index contributed by atoms with van der Waals surface area (Å²) in [6.07, 6.45) is 5.53. The van der Waals surface area contributed by atoms with Crippen LogP contribution < -0.4 is 0 Å². The number of aliphatic hydroxyl groups excluding tert-OH is 1. The molecule has 0 amide bonds. The number of piperidine rings is 1. The minimum atomic E-state index is -0.335. The predicted molar refractivity (Wildman–Crippen MR) is 66.3 cm³/mol. The second kappa shape index (κ2) is 7.05. The van der Waals surface area contributed by atoms with E-state index >= 15 is 0 Å². The molecule has 0 spiro atoms. The topological polar surface area (TPSA) is 29.5 Å². The van der Waals surface area contributed by atoms with Crippen molar-refractivity contribution in [1.29, 1.82) is 0 Å². The van der Waals surface area contributed by atoms with Crippen LogP contribution in [0.5, 0.6) is 0 Å². The highest BCUT2D eigenvalue weighted by atomic mass is 16.5. The highest BCUT2D eigenvalue weighted by Gasteiger charge is 2.31. The molecular formula is C13H26NO2+. The number of hydrogen-bond acceptors (Lipinski definition) is 2. The van der Waals surface area contributed by atoms with Crippen molar-refractivity contribution in [3.05, 3.63) is 12.7 Å². The van der Waals surface area contributed by atoms with Gasteiger partial charge in [0.2, 0.25) is 0 Å². The van der Waals surface area contributed by atoms with Crippen molar-refractivity contribution < 1.29 is 14.3 Å². The molecule has 0 aromatic heterocycles. The van der Waals surface area contributed by atoms with Gasteiger partial charge in [0.1, 0.15) is 12.6 Å².